The van der Waals surface area contributed by atoms with E-state index < -0.39 is 0 Å². The molecule has 1 amide bonds. The molecule has 0 unspecified atom stereocenters. The number of hydrogen-bond acceptors (Lipinski definition) is 5. The highest BCUT2D eigenvalue weighted by molar-refractivity contribution is 6.36. The molecule has 27 heavy (non-hydrogen) atoms. The van der Waals surface area contributed by atoms with E-state index in [2.05, 4.69) is 0 Å². The van der Waals surface area contributed by atoms with Gasteiger partial charge in [0, 0.05) is 18.7 Å². The van der Waals surface area contributed by atoms with Crippen molar-refractivity contribution in [3.63, 3.8) is 0 Å². The fourth-order valence-electron chi connectivity index (χ4n) is 3.32. The molecule has 0 bridgehead atoms. The number of rotatable bonds is 3. The molecule has 0 fully saturated rings. The minimum absolute atomic E-state index is 0.0621. The van der Waals surface area contributed by atoms with Crippen molar-refractivity contribution in [2.75, 3.05) is 38.6 Å². The summed E-state index contributed by atoms with van der Waals surface area (Å²) in [4.78, 5) is 26.6. The third-order valence-corrected chi connectivity index (χ3v) is 5.28. The van der Waals surface area contributed by atoms with E-state index in [-0.39, 0.29) is 30.0 Å². The van der Waals surface area contributed by atoms with Gasteiger partial charge in [0.15, 0.2) is 6.61 Å². The number of carbonyl (C=O) groups excluding carboxylic acids is 1. The van der Waals surface area contributed by atoms with Gasteiger partial charge in [0.1, 0.15) is 17.6 Å². The van der Waals surface area contributed by atoms with Gasteiger partial charge in [-0.25, -0.2) is 4.68 Å². The predicted molar refractivity (Wildman–Crippen MR) is 99.8 cm³/mol. The van der Waals surface area contributed by atoms with E-state index in [0.29, 0.717) is 53.9 Å². The molecule has 0 saturated carbocycles. The molecule has 1 aromatic heterocycles. The highest BCUT2D eigenvalue weighted by atomic mass is 35.5. The van der Waals surface area contributed by atoms with E-state index in [4.69, 9.17) is 37.4 Å². The quantitative estimate of drug-likeness (QED) is 0.768. The third kappa shape index (κ3) is 3.02. The molecular formula is C17H17Cl2N3O5. The summed E-state index contributed by atoms with van der Waals surface area (Å²) in [5.74, 6) is 0.205. The van der Waals surface area contributed by atoms with Gasteiger partial charge in [-0.15, -0.1) is 0 Å². The number of hydrogen-bond donors (Lipinski definition) is 0. The van der Waals surface area contributed by atoms with Crippen LogP contribution < -0.4 is 15.2 Å². The van der Waals surface area contributed by atoms with Crippen LogP contribution in [0, 0.1) is 0 Å². The lowest BCUT2D eigenvalue weighted by molar-refractivity contribution is -0.122. The monoisotopic (exact) mass is 413 g/mol. The Morgan fingerprint density at radius 1 is 1.15 bits per heavy atom. The van der Waals surface area contributed by atoms with Crippen LogP contribution >= 0.6 is 23.2 Å². The molecule has 0 saturated heterocycles. The summed E-state index contributed by atoms with van der Waals surface area (Å²) < 4.78 is 19.2. The smallest absolute Gasteiger partial charge is 0.276 e. The molecule has 3 heterocycles. The number of amides is 1. The van der Waals surface area contributed by atoms with E-state index >= 15 is 0 Å². The first kappa shape index (κ1) is 18.4. The first-order chi connectivity index (χ1) is 13.0. The lowest BCUT2D eigenvalue weighted by Gasteiger charge is -2.29. The van der Waals surface area contributed by atoms with Crippen molar-refractivity contribution in [3.05, 3.63) is 32.7 Å². The van der Waals surface area contributed by atoms with Crippen molar-refractivity contribution in [1.82, 2.24) is 9.36 Å². The summed E-state index contributed by atoms with van der Waals surface area (Å²) in [7, 11) is 1.50. The number of benzene rings is 1. The topological polar surface area (TPSA) is 74.9 Å². The molecule has 0 radical (unpaired) electrons. The molecule has 2 aliphatic heterocycles. The fraction of sp³-hybridized carbons (Fsp3) is 0.412. The van der Waals surface area contributed by atoms with Gasteiger partial charge in [-0.05, 0) is 6.07 Å². The normalized spacial score (nSPS) is 16.6. The van der Waals surface area contributed by atoms with Gasteiger partial charge in [0.05, 0.1) is 42.6 Å². The molecule has 8 nitrogen and oxygen atoms in total. The van der Waals surface area contributed by atoms with Gasteiger partial charge in [-0.2, -0.15) is 0 Å². The largest absolute Gasteiger partial charge is 0.482 e. The summed E-state index contributed by atoms with van der Waals surface area (Å²) >= 11 is 13.0. The highest BCUT2D eigenvalue weighted by Gasteiger charge is 2.29. The van der Waals surface area contributed by atoms with Gasteiger partial charge < -0.3 is 14.2 Å². The van der Waals surface area contributed by atoms with Crippen LogP contribution in [0.3, 0.4) is 0 Å². The third-order valence-electron chi connectivity index (χ3n) is 4.59. The Kier molecular flexibility index (Phi) is 4.90. The number of fused-ring (bicyclic) bond motifs is 2. The SMILES string of the molecule is COCN1C(=O)COc2cc(Cl)c(-c3c(Cl)n4n(c3=O)CCOCC4)cc21. The molecule has 0 atom stereocenters. The summed E-state index contributed by atoms with van der Waals surface area (Å²) in [6, 6.07) is 3.24. The molecule has 0 aliphatic carbocycles. The van der Waals surface area contributed by atoms with Crippen molar-refractivity contribution in [3.8, 4) is 16.9 Å². The van der Waals surface area contributed by atoms with Gasteiger partial charge in [-0.1, -0.05) is 23.2 Å². The Bertz CT molecular complexity index is 968. The number of methoxy groups -OCH3 is 1. The zero-order valence-electron chi connectivity index (χ0n) is 14.5. The van der Waals surface area contributed by atoms with E-state index in [1.807, 2.05) is 0 Å². The van der Waals surface area contributed by atoms with Crippen LogP contribution in [-0.2, 0) is 27.4 Å². The van der Waals surface area contributed by atoms with Crippen LogP contribution in [0.4, 0.5) is 5.69 Å². The fourth-order valence-corrected chi connectivity index (χ4v) is 3.92. The molecule has 0 spiro atoms. The maximum absolute atomic E-state index is 13.0. The first-order valence-corrected chi connectivity index (χ1v) is 9.11. The standard InChI is InChI=1S/C17H17Cl2N3O5/c1-25-9-20-12-6-10(11(18)7-13(12)27-8-14(20)23)15-16(19)21-2-4-26-5-3-22(21)17(15)24/h6-7H,2-5,8-9H2,1H3. The number of nitrogens with zero attached hydrogens (tertiary/aromatic N) is 3. The summed E-state index contributed by atoms with van der Waals surface area (Å²) in [6.45, 7) is 1.73. The summed E-state index contributed by atoms with van der Waals surface area (Å²) in [5, 5.41) is 0.603. The Balaban J connectivity index is 1.89. The Morgan fingerprint density at radius 2 is 1.89 bits per heavy atom. The minimum atomic E-state index is -0.256. The van der Waals surface area contributed by atoms with Gasteiger partial charge >= 0.3 is 0 Å². The second-order valence-electron chi connectivity index (χ2n) is 6.16. The van der Waals surface area contributed by atoms with E-state index in [1.165, 1.54) is 12.0 Å². The number of anilines is 1. The Morgan fingerprint density at radius 3 is 2.63 bits per heavy atom. The number of carbonyl (C=O) groups is 1. The number of aromatic nitrogens is 2. The highest BCUT2D eigenvalue weighted by Crippen LogP contribution is 2.41. The molecule has 2 aromatic rings. The van der Waals surface area contributed by atoms with E-state index in [9.17, 15) is 9.59 Å². The average molecular weight is 414 g/mol. The molecule has 10 heteroatoms. The van der Waals surface area contributed by atoms with Crippen molar-refractivity contribution in [1.29, 1.82) is 0 Å². The minimum Gasteiger partial charge on any atom is -0.482 e. The predicted octanol–water partition coefficient (Wildman–Crippen LogP) is 1.98. The maximum Gasteiger partial charge on any atom is 0.276 e. The van der Waals surface area contributed by atoms with Crippen molar-refractivity contribution in [2.45, 2.75) is 13.1 Å². The first-order valence-electron chi connectivity index (χ1n) is 8.35. The van der Waals surface area contributed by atoms with Crippen LogP contribution in [0.15, 0.2) is 16.9 Å². The maximum atomic E-state index is 13.0. The van der Waals surface area contributed by atoms with Gasteiger partial charge in [0.2, 0.25) is 0 Å². The zero-order valence-corrected chi connectivity index (χ0v) is 16.0. The van der Waals surface area contributed by atoms with E-state index in [0.717, 1.165) is 0 Å². The molecule has 2 aliphatic rings. The number of halogens is 2. The summed E-state index contributed by atoms with van der Waals surface area (Å²) in [5.41, 5.74) is 0.965. The van der Waals surface area contributed by atoms with Crippen LogP contribution in [0.25, 0.3) is 11.1 Å². The van der Waals surface area contributed by atoms with Crippen molar-refractivity contribution in [2.24, 2.45) is 0 Å². The Hall–Kier alpha value is -2.00. The van der Waals surface area contributed by atoms with Crippen molar-refractivity contribution < 1.29 is 19.0 Å². The lowest BCUT2D eigenvalue weighted by atomic mass is 10.1. The van der Waals surface area contributed by atoms with Crippen LogP contribution in [0.2, 0.25) is 10.2 Å². The second kappa shape index (κ2) is 7.20. The van der Waals surface area contributed by atoms with Crippen LogP contribution in [-0.4, -0.2) is 48.9 Å². The molecule has 144 valence electrons. The lowest BCUT2D eigenvalue weighted by Crippen LogP contribution is -2.40. The van der Waals surface area contributed by atoms with Gasteiger partial charge in [-0.3, -0.25) is 19.2 Å². The van der Waals surface area contributed by atoms with Gasteiger partial charge in [0.25, 0.3) is 11.5 Å². The van der Waals surface area contributed by atoms with E-state index in [1.54, 1.807) is 21.5 Å². The van der Waals surface area contributed by atoms with Crippen LogP contribution in [0.1, 0.15) is 0 Å². The zero-order chi connectivity index (χ0) is 19.1. The average Bonchev–Trinajstić information content (AvgIpc) is 2.83. The Labute approximate surface area is 164 Å². The molecule has 1 aromatic carbocycles. The molecular weight excluding hydrogens is 397 g/mol. The second-order valence-corrected chi connectivity index (χ2v) is 6.92. The summed E-state index contributed by atoms with van der Waals surface area (Å²) in [6.07, 6.45) is 0. The molecule has 0 N–H and O–H groups in total. The molecule has 4 rings (SSSR count). The number of ether oxygens (including phenoxy) is 3. The van der Waals surface area contributed by atoms with Crippen molar-refractivity contribution >= 4 is 34.8 Å². The van der Waals surface area contributed by atoms with Crippen LogP contribution in [0.5, 0.6) is 5.75 Å².